The highest BCUT2D eigenvalue weighted by Crippen LogP contribution is 2.31. The molecular weight excluding hydrogens is 371 g/mol. The average molecular weight is 387 g/mol. The first-order valence-electron chi connectivity index (χ1n) is 7.54. The molecule has 9 heteroatoms. The van der Waals surface area contributed by atoms with E-state index in [1.54, 1.807) is 0 Å². The summed E-state index contributed by atoms with van der Waals surface area (Å²) in [6.45, 7) is 2.63. The lowest BCUT2D eigenvalue weighted by atomic mass is 10.1. The number of esters is 1. The average Bonchev–Trinajstić information content (AvgIpc) is 2.78. The molecule has 0 unspecified atom stereocenters. The lowest BCUT2D eigenvalue weighted by Crippen LogP contribution is -2.38. The van der Waals surface area contributed by atoms with Gasteiger partial charge in [0.25, 0.3) is 17.7 Å². The molecule has 1 aliphatic heterocycles. The molecule has 7 nitrogen and oxygen atoms in total. The molecule has 1 aromatic carbocycles. The van der Waals surface area contributed by atoms with Crippen molar-refractivity contribution in [1.29, 1.82) is 0 Å². The number of fused-ring (bicyclic) bond motifs is 1. The molecule has 0 fully saturated rings. The number of hydrogen-bond donors (Lipinski definition) is 1. The number of halogens is 2. The van der Waals surface area contributed by atoms with Crippen molar-refractivity contribution in [3.05, 3.63) is 33.3 Å². The Bertz CT molecular complexity index is 709. The van der Waals surface area contributed by atoms with Crippen molar-refractivity contribution in [2.45, 2.75) is 26.3 Å². The second kappa shape index (κ2) is 7.84. The van der Waals surface area contributed by atoms with Crippen LogP contribution >= 0.6 is 23.2 Å². The van der Waals surface area contributed by atoms with Crippen molar-refractivity contribution in [1.82, 2.24) is 10.2 Å². The van der Waals surface area contributed by atoms with Crippen molar-refractivity contribution in [3.8, 4) is 0 Å². The third-order valence-corrected chi connectivity index (χ3v) is 4.40. The van der Waals surface area contributed by atoms with Gasteiger partial charge in [0.15, 0.2) is 6.61 Å². The molecule has 0 aromatic heterocycles. The van der Waals surface area contributed by atoms with E-state index in [0.29, 0.717) is 0 Å². The van der Waals surface area contributed by atoms with Gasteiger partial charge in [-0.2, -0.15) is 0 Å². The molecule has 1 heterocycles. The van der Waals surface area contributed by atoms with E-state index < -0.39 is 36.8 Å². The fraction of sp³-hybridized carbons (Fsp3) is 0.375. The van der Waals surface area contributed by atoms with E-state index in [9.17, 15) is 19.2 Å². The molecule has 1 atom stereocenters. The van der Waals surface area contributed by atoms with Gasteiger partial charge in [-0.3, -0.25) is 24.1 Å². The van der Waals surface area contributed by atoms with Crippen LogP contribution < -0.4 is 5.32 Å². The summed E-state index contributed by atoms with van der Waals surface area (Å²) in [5, 5.41) is 2.89. The first-order valence-corrected chi connectivity index (χ1v) is 8.30. The van der Waals surface area contributed by atoms with Crippen LogP contribution in [0.25, 0.3) is 0 Å². The predicted octanol–water partition coefficient (Wildman–Crippen LogP) is 2.05. The van der Waals surface area contributed by atoms with Crippen molar-refractivity contribution in [2.75, 3.05) is 13.2 Å². The van der Waals surface area contributed by atoms with E-state index >= 15 is 0 Å². The lowest BCUT2D eigenvalue weighted by Gasteiger charge is -2.14. The number of ether oxygens (including phenoxy) is 1. The van der Waals surface area contributed by atoms with Crippen LogP contribution in [0.15, 0.2) is 12.1 Å². The first kappa shape index (κ1) is 19.2. The summed E-state index contributed by atoms with van der Waals surface area (Å²) >= 11 is 11.7. The fourth-order valence-corrected chi connectivity index (χ4v) is 2.49. The van der Waals surface area contributed by atoms with Crippen LogP contribution in [0.3, 0.4) is 0 Å². The molecule has 1 aromatic rings. The van der Waals surface area contributed by atoms with Gasteiger partial charge in [0, 0.05) is 6.04 Å². The number of hydrogen-bond acceptors (Lipinski definition) is 5. The Labute approximate surface area is 154 Å². The van der Waals surface area contributed by atoms with Crippen LogP contribution in [-0.4, -0.2) is 47.8 Å². The Kier molecular flexibility index (Phi) is 6.02. The van der Waals surface area contributed by atoms with Crippen molar-refractivity contribution >= 4 is 46.9 Å². The second-order valence-corrected chi connectivity index (χ2v) is 6.36. The quantitative estimate of drug-likeness (QED) is 0.596. The Balaban J connectivity index is 1.97. The maximum atomic E-state index is 12.2. The van der Waals surface area contributed by atoms with Gasteiger partial charge < -0.3 is 10.1 Å². The summed E-state index contributed by atoms with van der Waals surface area (Å²) in [6, 6.07) is 2.52. The summed E-state index contributed by atoms with van der Waals surface area (Å²) in [7, 11) is 0. The van der Waals surface area contributed by atoms with Crippen molar-refractivity contribution in [3.63, 3.8) is 0 Å². The van der Waals surface area contributed by atoms with E-state index in [1.165, 1.54) is 12.1 Å². The molecule has 0 spiro atoms. The molecule has 1 aliphatic rings. The minimum atomic E-state index is -0.869. The Morgan fingerprint density at radius 3 is 2.16 bits per heavy atom. The van der Waals surface area contributed by atoms with E-state index in [0.717, 1.165) is 11.3 Å². The number of nitrogens with one attached hydrogen (secondary N) is 1. The minimum Gasteiger partial charge on any atom is -0.454 e. The molecular formula is C16H16Cl2N2O5. The molecule has 3 amide bonds. The van der Waals surface area contributed by atoms with E-state index in [1.807, 2.05) is 13.8 Å². The molecule has 25 heavy (non-hydrogen) atoms. The normalized spacial score (nSPS) is 14.3. The SMILES string of the molecule is CC[C@@H](C)NC(=O)COC(=O)CN1C(=O)c2cc(Cl)c(Cl)cc2C1=O. The number of benzene rings is 1. The molecule has 0 saturated carbocycles. The molecule has 0 bridgehead atoms. The number of rotatable bonds is 6. The maximum Gasteiger partial charge on any atom is 0.326 e. The van der Waals surface area contributed by atoms with Crippen LogP contribution in [0.1, 0.15) is 41.0 Å². The van der Waals surface area contributed by atoms with Crippen LogP contribution in [0, 0.1) is 0 Å². The van der Waals surface area contributed by atoms with E-state index in [4.69, 9.17) is 27.9 Å². The molecule has 1 N–H and O–H groups in total. The van der Waals surface area contributed by atoms with Crippen LogP contribution in [0.5, 0.6) is 0 Å². The largest absolute Gasteiger partial charge is 0.454 e. The van der Waals surface area contributed by atoms with Gasteiger partial charge in [-0.15, -0.1) is 0 Å². The third kappa shape index (κ3) is 4.29. The van der Waals surface area contributed by atoms with Crippen molar-refractivity contribution < 1.29 is 23.9 Å². The highest BCUT2D eigenvalue weighted by molar-refractivity contribution is 6.43. The number of nitrogens with zero attached hydrogens (tertiary/aromatic N) is 1. The fourth-order valence-electron chi connectivity index (χ4n) is 2.17. The predicted molar refractivity (Wildman–Crippen MR) is 90.7 cm³/mol. The van der Waals surface area contributed by atoms with Crippen LogP contribution in [0.4, 0.5) is 0 Å². The Morgan fingerprint density at radius 2 is 1.68 bits per heavy atom. The van der Waals surface area contributed by atoms with Gasteiger partial charge >= 0.3 is 5.97 Å². The Morgan fingerprint density at radius 1 is 1.16 bits per heavy atom. The number of imide groups is 1. The number of carbonyl (C=O) groups is 4. The van der Waals surface area contributed by atoms with Gasteiger partial charge in [0.1, 0.15) is 6.54 Å². The highest BCUT2D eigenvalue weighted by atomic mass is 35.5. The zero-order valence-electron chi connectivity index (χ0n) is 13.6. The first-order chi connectivity index (χ1) is 11.7. The number of carbonyl (C=O) groups excluding carboxylic acids is 4. The van der Waals surface area contributed by atoms with Crippen LogP contribution in [0.2, 0.25) is 10.0 Å². The minimum absolute atomic E-state index is 0.0445. The molecule has 0 radical (unpaired) electrons. The van der Waals surface area contributed by atoms with Gasteiger partial charge in [-0.05, 0) is 25.5 Å². The summed E-state index contributed by atoms with van der Waals surface area (Å²) < 4.78 is 4.80. The van der Waals surface area contributed by atoms with E-state index in [2.05, 4.69) is 5.32 Å². The summed E-state index contributed by atoms with van der Waals surface area (Å²) in [4.78, 5) is 48.6. The van der Waals surface area contributed by atoms with E-state index in [-0.39, 0.29) is 27.2 Å². The standard InChI is InChI=1S/C16H16Cl2N2O5/c1-3-8(2)19-13(21)7-25-14(22)6-20-15(23)9-4-11(17)12(18)5-10(9)16(20)24/h4-5,8H,3,6-7H2,1-2H3,(H,19,21)/t8-/m1/s1. The summed E-state index contributed by atoms with van der Waals surface area (Å²) in [5.74, 6) is -2.66. The van der Waals surface area contributed by atoms with Gasteiger partial charge in [0.2, 0.25) is 0 Å². The van der Waals surface area contributed by atoms with Crippen LogP contribution in [-0.2, 0) is 14.3 Å². The number of amides is 3. The summed E-state index contributed by atoms with van der Waals surface area (Å²) in [5.41, 5.74) is 0.142. The van der Waals surface area contributed by atoms with Gasteiger partial charge in [0.05, 0.1) is 21.2 Å². The Hall–Kier alpha value is -2.12. The zero-order chi connectivity index (χ0) is 18.7. The maximum absolute atomic E-state index is 12.2. The van der Waals surface area contributed by atoms with Crippen molar-refractivity contribution in [2.24, 2.45) is 0 Å². The second-order valence-electron chi connectivity index (χ2n) is 5.55. The van der Waals surface area contributed by atoms with Gasteiger partial charge in [-0.1, -0.05) is 30.1 Å². The molecule has 0 saturated heterocycles. The third-order valence-electron chi connectivity index (χ3n) is 3.68. The lowest BCUT2D eigenvalue weighted by molar-refractivity contribution is -0.148. The smallest absolute Gasteiger partial charge is 0.326 e. The van der Waals surface area contributed by atoms with Gasteiger partial charge in [-0.25, -0.2) is 0 Å². The highest BCUT2D eigenvalue weighted by Gasteiger charge is 2.37. The topological polar surface area (TPSA) is 92.8 Å². The zero-order valence-corrected chi connectivity index (χ0v) is 15.1. The monoisotopic (exact) mass is 386 g/mol. The molecule has 0 aliphatic carbocycles. The molecule has 2 rings (SSSR count). The summed E-state index contributed by atoms with van der Waals surface area (Å²) in [6.07, 6.45) is 0.736. The molecule has 134 valence electrons.